The van der Waals surface area contributed by atoms with Gasteiger partial charge < -0.3 is 9.88 Å². The smallest absolute Gasteiger partial charge is 0.251 e. The zero-order valence-corrected chi connectivity index (χ0v) is 15.8. The number of rotatable bonds is 6. The maximum Gasteiger partial charge on any atom is 0.251 e. The van der Waals surface area contributed by atoms with Gasteiger partial charge in [0.05, 0.1) is 17.3 Å². The first-order valence-corrected chi connectivity index (χ1v) is 9.38. The van der Waals surface area contributed by atoms with Crippen LogP contribution in [0.4, 0.5) is 0 Å². The molecule has 0 spiro atoms. The normalized spacial score (nSPS) is 12.6. The molecule has 1 aromatic heterocycles. The van der Waals surface area contributed by atoms with Crippen molar-refractivity contribution in [3.63, 3.8) is 0 Å². The number of carbonyl (C=O) groups excluding carboxylic acids is 1. The van der Waals surface area contributed by atoms with E-state index in [0.29, 0.717) is 16.2 Å². The molecule has 2 N–H and O–H groups in total. The summed E-state index contributed by atoms with van der Waals surface area (Å²) in [7, 11) is -1.06. The molecule has 6 nitrogen and oxygen atoms in total. The molecule has 0 fully saturated rings. The molecule has 1 atom stereocenters. The highest BCUT2D eigenvalue weighted by atomic mass is 32.2. The predicted octanol–water partition coefficient (Wildman–Crippen LogP) is 2.97. The Balaban J connectivity index is 2.06. The van der Waals surface area contributed by atoms with Crippen molar-refractivity contribution in [2.75, 3.05) is 0 Å². The van der Waals surface area contributed by atoms with Gasteiger partial charge in [-0.3, -0.25) is 14.1 Å². The van der Waals surface area contributed by atoms with Crippen LogP contribution < -0.4 is 5.32 Å². The van der Waals surface area contributed by atoms with Crippen LogP contribution in [0.3, 0.4) is 0 Å². The molecule has 1 amide bonds. The van der Waals surface area contributed by atoms with Gasteiger partial charge in [0, 0.05) is 21.8 Å². The lowest BCUT2D eigenvalue weighted by Crippen LogP contribution is -2.25. The minimum absolute atomic E-state index is 0.0448. The molecule has 2 rings (SSSR count). The quantitative estimate of drug-likeness (QED) is 0.770. The highest BCUT2D eigenvalue weighted by molar-refractivity contribution is 7.85. The third-order valence-electron chi connectivity index (χ3n) is 3.48. The van der Waals surface area contributed by atoms with E-state index in [1.54, 1.807) is 24.3 Å². The zero-order chi connectivity index (χ0) is 17.9. The number of nitrogens with zero attached hydrogens (tertiary/aromatic N) is 2. The number of H-pyrrole nitrogens is 1. The van der Waals surface area contributed by atoms with E-state index < -0.39 is 10.8 Å². The largest absolute Gasteiger partial charge is 0.345 e. The second-order valence-electron chi connectivity index (χ2n) is 5.96. The van der Waals surface area contributed by atoms with Gasteiger partial charge in [0.15, 0.2) is 10.6 Å². The molecule has 0 aliphatic heterocycles. The highest BCUT2D eigenvalue weighted by Crippen LogP contribution is 2.13. The lowest BCUT2D eigenvalue weighted by Gasteiger charge is -2.11. The minimum atomic E-state index is -1.06. The summed E-state index contributed by atoms with van der Waals surface area (Å²) in [6.07, 6.45) is 0. The molecule has 1 heterocycles. The molecular formula is C16H22N4O2S2. The molecule has 0 saturated heterocycles. The number of aromatic nitrogens is 3. The first-order chi connectivity index (χ1) is 11.3. The van der Waals surface area contributed by atoms with Crippen LogP contribution in [0, 0.1) is 4.77 Å². The van der Waals surface area contributed by atoms with Crippen molar-refractivity contribution in [1.82, 2.24) is 20.1 Å². The van der Waals surface area contributed by atoms with E-state index in [1.807, 2.05) is 32.3 Å². The van der Waals surface area contributed by atoms with Crippen molar-refractivity contribution in [2.45, 2.75) is 50.4 Å². The summed E-state index contributed by atoms with van der Waals surface area (Å²) >= 11 is 5.19. The summed E-state index contributed by atoms with van der Waals surface area (Å²) in [6, 6.07) is 6.99. The van der Waals surface area contributed by atoms with E-state index in [1.165, 1.54) is 0 Å². The number of amides is 1. The second kappa shape index (κ2) is 7.85. The van der Waals surface area contributed by atoms with Gasteiger partial charge in [-0.05, 0) is 50.3 Å². The molecule has 0 unspecified atom stereocenters. The average molecular weight is 367 g/mol. The topological polar surface area (TPSA) is 79.8 Å². The Hall–Kier alpha value is -1.80. The van der Waals surface area contributed by atoms with Gasteiger partial charge in [0.2, 0.25) is 0 Å². The van der Waals surface area contributed by atoms with Crippen LogP contribution in [0.2, 0.25) is 0 Å². The Labute approximate surface area is 149 Å². The summed E-state index contributed by atoms with van der Waals surface area (Å²) in [5.41, 5.74) is 0.518. The fourth-order valence-electron chi connectivity index (χ4n) is 2.27. The van der Waals surface area contributed by atoms with Crippen molar-refractivity contribution < 1.29 is 9.00 Å². The Bertz CT molecular complexity index is 791. The van der Waals surface area contributed by atoms with Crippen LogP contribution in [0.1, 0.15) is 49.9 Å². The molecule has 0 radical (unpaired) electrons. The summed E-state index contributed by atoms with van der Waals surface area (Å²) in [6.45, 7) is 8.09. The number of nitrogens with one attached hydrogen (secondary N) is 2. The van der Waals surface area contributed by atoms with Gasteiger partial charge >= 0.3 is 0 Å². The Kier molecular flexibility index (Phi) is 6.06. The lowest BCUT2D eigenvalue weighted by atomic mass is 10.2. The van der Waals surface area contributed by atoms with Crippen molar-refractivity contribution in [3.05, 3.63) is 40.4 Å². The molecule has 130 valence electrons. The number of hydrogen-bond donors (Lipinski definition) is 2. The monoisotopic (exact) mass is 366 g/mol. The fraction of sp³-hybridized carbons (Fsp3) is 0.438. The molecule has 2 aromatic rings. The number of aromatic amines is 1. The van der Waals surface area contributed by atoms with Crippen LogP contribution in [-0.2, 0) is 17.3 Å². The molecule has 0 saturated carbocycles. The molecule has 8 heteroatoms. The van der Waals surface area contributed by atoms with E-state index in [2.05, 4.69) is 15.5 Å². The van der Waals surface area contributed by atoms with Gasteiger partial charge in [-0.15, -0.1) is 0 Å². The van der Waals surface area contributed by atoms with Gasteiger partial charge in [-0.25, -0.2) is 0 Å². The van der Waals surface area contributed by atoms with Crippen LogP contribution >= 0.6 is 12.2 Å². The summed E-state index contributed by atoms with van der Waals surface area (Å²) in [5, 5.41) is 9.77. The van der Waals surface area contributed by atoms with E-state index in [-0.39, 0.29) is 23.7 Å². The van der Waals surface area contributed by atoms with Crippen LogP contribution in [0.25, 0.3) is 0 Å². The molecular weight excluding hydrogens is 344 g/mol. The van der Waals surface area contributed by atoms with Crippen LogP contribution in [0.5, 0.6) is 0 Å². The average Bonchev–Trinajstić information content (AvgIpc) is 2.92. The van der Waals surface area contributed by atoms with Gasteiger partial charge in [-0.2, -0.15) is 5.10 Å². The Morgan fingerprint density at radius 3 is 2.46 bits per heavy atom. The SMILES string of the molecule is CC(C)n1c(CNC(=O)c2ccc([S@@](=O)C(C)C)cc2)n[nH]c1=S. The third-order valence-corrected chi connectivity index (χ3v) is 5.36. The number of carbonyl (C=O) groups is 1. The second-order valence-corrected chi connectivity index (χ2v) is 8.36. The lowest BCUT2D eigenvalue weighted by molar-refractivity contribution is 0.0949. The Morgan fingerprint density at radius 2 is 1.92 bits per heavy atom. The maximum atomic E-state index is 12.3. The Morgan fingerprint density at radius 1 is 1.29 bits per heavy atom. The van der Waals surface area contributed by atoms with Crippen molar-refractivity contribution in [1.29, 1.82) is 0 Å². The maximum absolute atomic E-state index is 12.3. The first-order valence-electron chi connectivity index (χ1n) is 7.76. The number of benzene rings is 1. The molecule has 24 heavy (non-hydrogen) atoms. The van der Waals surface area contributed by atoms with Gasteiger partial charge in [-0.1, -0.05) is 13.8 Å². The molecule has 0 bridgehead atoms. The van der Waals surface area contributed by atoms with Crippen molar-refractivity contribution >= 4 is 28.9 Å². The predicted molar refractivity (Wildman–Crippen MR) is 97.0 cm³/mol. The summed E-state index contributed by atoms with van der Waals surface area (Å²) < 4.78 is 14.4. The number of hydrogen-bond acceptors (Lipinski definition) is 4. The zero-order valence-electron chi connectivity index (χ0n) is 14.2. The van der Waals surface area contributed by atoms with E-state index in [4.69, 9.17) is 12.2 Å². The van der Waals surface area contributed by atoms with E-state index >= 15 is 0 Å². The van der Waals surface area contributed by atoms with Crippen LogP contribution in [0.15, 0.2) is 29.2 Å². The summed E-state index contributed by atoms with van der Waals surface area (Å²) in [4.78, 5) is 13.0. The van der Waals surface area contributed by atoms with E-state index in [0.717, 1.165) is 4.90 Å². The molecule has 0 aliphatic rings. The minimum Gasteiger partial charge on any atom is -0.345 e. The van der Waals surface area contributed by atoms with Crippen molar-refractivity contribution in [3.8, 4) is 0 Å². The summed E-state index contributed by atoms with van der Waals surface area (Å²) in [5.74, 6) is 0.474. The fourth-order valence-corrected chi connectivity index (χ4v) is 3.58. The molecule has 1 aromatic carbocycles. The van der Waals surface area contributed by atoms with Gasteiger partial charge in [0.25, 0.3) is 5.91 Å². The third kappa shape index (κ3) is 4.18. The molecule has 0 aliphatic carbocycles. The van der Waals surface area contributed by atoms with Crippen molar-refractivity contribution in [2.24, 2.45) is 0 Å². The standard InChI is InChI=1S/C16H22N4O2S2/c1-10(2)20-14(18-19-16(20)23)9-17-15(21)12-5-7-13(8-6-12)24(22)11(3)4/h5-8,10-11H,9H2,1-4H3,(H,17,21)(H,19,23)/t24-/m0/s1. The highest BCUT2D eigenvalue weighted by Gasteiger charge is 2.13. The van der Waals surface area contributed by atoms with E-state index in [9.17, 15) is 9.00 Å². The first kappa shape index (κ1) is 18.5. The van der Waals surface area contributed by atoms with Gasteiger partial charge in [0.1, 0.15) is 0 Å². The van der Waals surface area contributed by atoms with Crippen LogP contribution in [-0.4, -0.2) is 30.1 Å².